The van der Waals surface area contributed by atoms with Crippen LogP contribution < -0.4 is 0 Å². The molecule has 0 aliphatic heterocycles. The summed E-state index contributed by atoms with van der Waals surface area (Å²) in [6.45, 7) is 5.12. The van der Waals surface area contributed by atoms with Gasteiger partial charge in [-0.2, -0.15) is 0 Å². The zero-order chi connectivity index (χ0) is 9.57. The van der Waals surface area contributed by atoms with Crippen LogP contribution in [0.4, 0.5) is 4.39 Å². The van der Waals surface area contributed by atoms with E-state index in [1.165, 1.54) is 6.92 Å². The minimum atomic E-state index is -1.31. The van der Waals surface area contributed by atoms with Crippen LogP contribution >= 0.6 is 23.2 Å². The fourth-order valence-corrected chi connectivity index (χ4v) is 2.41. The Kier molecular flexibility index (Phi) is 2.48. The van der Waals surface area contributed by atoms with Crippen molar-refractivity contribution in [3.05, 3.63) is 11.6 Å². The predicted octanol–water partition coefficient (Wildman–Crippen LogP) is 3.67. The number of allylic oxidation sites excluding steroid dienone is 2. The van der Waals surface area contributed by atoms with E-state index in [1.807, 2.05) is 6.92 Å². The molecule has 0 spiro atoms. The summed E-state index contributed by atoms with van der Waals surface area (Å²) >= 11 is 12.1. The molecule has 0 saturated heterocycles. The first-order valence-corrected chi connectivity index (χ1v) is 4.77. The quantitative estimate of drug-likeness (QED) is 0.423. The minimum Gasteiger partial charge on any atom is -0.240 e. The Labute approximate surface area is 82.7 Å². The SMILES string of the molecule is CC1=CC(C)(F)CC(C)(Cl)C1Cl. The number of rotatable bonds is 0. The lowest BCUT2D eigenvalue weighted by Gasteiger charge is -2.37. The molecule has 0 N–H and O–H groups in total. The average molecular weight is 211 g/mol. The minimum absolute atomic E-state index is 0.261. The molecule has 3 atom stereocenters. The van der Waals surface area contributed by atoms with Crippen LogP contribution in [0.2, 0.25) is 0 Å². The highest BCUT2D eigenvalue weighted by atomic mass is 35.5. The highest BCUT2D eigenvalue weighted by molar-refractivity contribution is 6.33. The van der Waals surface area contributed by atoms with Gasteiger partial charge in [-0.3, -0.25) is 0 Å². The largest absolute Gasteiger partial charge is 0.240 e. The molecule has 3 heteroatoms. The molecule has 0 heterocycles. The third-order valence-electron chi connectivity index (χ3n) is 2.15. The maximum Gasteiger partial charge on any atom is 0.128 e. The van der Waals surface area contributed by atoms with Crippen molar-refractivity contribution < 1.29 is 4.39 Å². The normalized spacial score (nSPS) is 48.8. The van der Waals surface area contributed by atoms with E-state index < -0.39 is 10.5 Å². The van der Waals surface area contributed by atoms with Gasteiger partial charge < -0.3 is 0 Å². The van der Waals surface area contributed by atoms with Gasteiger partial charge in [0.05, 0.1) is 10.3 Å². The Morgan fingerprint density at radius 1 is 1.58 bits per heavy atom. The van der Waals surface area contributed by atoms with E-state index in [0.717, 1.165) is 5.57 Å². The first kappa shape index (κ1) is 10.3. The molecular weight excluding hydrogens is 198 g/mol. The Morgan fingerprint density at radius 3 is 2.50 bits per heavy atom. The van der Waals surface area contributed by atoms with E-state index in [4.69, 9.17) is 23.2 Å². The second-order valence-corrected chi connectivity index (χ2v) is 5.28. The van der Waals surface area contributed by atoms with Crippen LogP contribution in [0.5, 0.6) is 0 Å². The summed E-state index contributed by atoms with van der Waals surface area (Å²) in [4.78, 5) is -0.663. The fourth-order valence-electron chi connectivity index (χ4n) is 1.84. The van der Waals surface area contributed by atoms with Crippen molar-refractivity contribution in [3.63, 3.8) is 0 Å². The van der Waals surface area contributed by atoms with E-state index in [1.54, 1.807) is 13.0 Å². The molecule has 0 amide bonds. The first-order valence-electron chi connectivity index (χ1n) is 3.96. The lowest BCUT2D eigenvalue weighted by atomic mass is 9.82. The first-order chi connectivity index (χ1) is 5.25. The van der Waals surface area contributed by atoms with Crippen molar-refractivity contribution in [1.82, 2.24) is 0 Å². The maximum absolute atomic E-state index is 13.6. The van der Waals surface area contributed by atoms with E-state index in [2.05, 4.69) is 0 Å². The van der Waals surface area contributed by atoms with E-state index in [9.17, 15) is 4.39 Å². The number of hydrogen-bond acceptors (Lipinski definition) is 0. The Morgan fingerprint density at radius 2 is 2.08 bits per heavy atom. The van der Waals surface area contributed by atoms with Gasteiger partial charge in [0.15, 0.2) is 0 Å². The van der Waals surface area contributed by atoms with Crippen molar-refractivity contribution in [2.45, 2.75) is 43.1 Å². The molecule has 0 radical (unpaired) electrons. The maximum atomic E-state index is 13.6. The molecule has 0 aromatic rings. The Hall–Kier alpha value is 0.250. The van der Waals surface area contributed by atoms with Crippen LogP contribution in [0.15, 0.2) is 11.6 Å². The van der Waals surface area contributed by atoms with Gasteiger partial charge in [0, 0.05) is 6.42 Å². The summed E-state index contributed by atoms with van der Waals surface area (Å²) in [6.07, 6.45) is 1.84. The van der Waals surface area contributed by atoms with Crippen LogP contribution in [0.25, 0.3) is 0 Å². The number of halogens is 3. The molecule has 0 fully saturated rings. The van der Waals surface area contributed by atoms with Crippen molar-refractivity contribution in [3.8, 4) is 0 Å². The van der Waals surface area contributed by atoms with Crippen molar-refractivity contribution in [2.75, 3.05) is 0 Å². The van der Waals surface area contributed by atoms with E-state index >= 15 is 0 Å². The monoisotopic (exact) mass is 210 g/mol. The topological polar surface area (TPSA) is 0 Å². The highest BCUT2D eigenvalue weighted by Gasteiger charge is 2.43. The third kappa shape index (κ3) is 1.94. The van der Waals surface area contributed by atoms with Gasteiger partial charge in [-0.15, -0.1) is 23.2 Å². The van der Waals surface area contributed by atoms with E-state index in [0.29, 0.717) is 0 Å². The molecule has 0 aromatic heterocycles. The standard InChI is InChI=1S/C9H13Cl2F/c1-6-4-8(2,12)5-9(3,11)7(6)10/h4,7H,5H2,1-3H3. The molecule has 1 aliphatic rings. The Balaban J connectivity index is 3.00. The Bertz CT molecular complexity index is 219. The van der Waals surface area contributed by atoms with Crippen molar-refractivity contribution in [2.24, 2.45) is 0 Å². The van der Waals surface area contributed by atoms with Crippen LogP contribution in [-0.4, -0.2) is 15.9 Å². The van der Waals surface area contributed by atoms with Crippen LogP contribution in [0.1, 0.15) is 27.2 Å². The second kappa shape index (κ2) is 2.88. The summed E-state index contributed by atoms with van der Waals surface area (Å²) in [7, 11) is 0. The molecule has 70 valence electrons. The molecule has 0 bridgehead atoms. The molecule has 0 aromatic carbocycles. The van der Waals surface area contributed by atoms with Crippen molar-refractivity contribution in [1.29, 1.82) is 0 Å². The smallest absolute Gasteiger partial charge is 0.128 e. The molecule has 0 saturated carbocycles. The molecule has 1 aliphatic carbocycles. The van der Waals surface area contributed by atoms with Gasteiger partial charge in [-0.1, -0.05) is 5.57 Å². The fraction of sp³-hybridized carbons (Fsp3) is 0.778. The summed E-state index contributed by atoms with van der Waals surface area (Å²) in [5.74, 6) is 0. The zero-order valence-corrected chi connectivity index (χ0v) is 9.01. The number of hydrogen-bond donors (Lipinski definition) is 0. The van der Waals surface area contributed by atoms with Gasteiger partial charge in [0.2, 0.25) is 0 Å². The lowest BCUT2D eigenvalue weighted by molar-refractivity contribution is 0.205. The van der Waals surface area contributed by atoms with E-state index in [-0.39, 0.29) is 11.8 Å². The van der Waals surface area contributed by atoms with Gasteiger partial charge >= 0.3 is 0 Å². The van der Waals surface area contributed by atoms with Crippen LogP contribution in [0.3, 0.4) is 0 Å². The van der Waals surface area contributed by atoms with Gasteiger partial charge in [0.1, 0.15) is 5.67 Å². The molecule has 12 heavy (non-hydrogen) atoms. The highest BCUT2D eigenvalue weighted by Crippen LogP contribution is 2.43. The van der Waals surface area contributed by atoms with Gasteiger partial charge in [-0.25, -0.2) is 4.39 Å². The lowest BCUT2D eigenvalue weighted by Crippen LogP contribution is -2.41. The van der Waals surface area contributed by atoms with Gasteiger partial charge in [0.25, 0.3) is 0 Å². The average Bonchev–Trinajstić information content (AvgIpc) is 1.79. The summed E-state index contributed by atoms with van der Waals surface area (Å²) in [6, 6.07) is 0. The molecule has 3 unspecified atom stereocenters. The summed E-state index contributed by atoms with van der Waals surface area (Å²) in [5.41, 5.74) is -0.489. The number of alkyl halides is 3. The molecule has 0 nitrogen and oxygen atoms in total. The second-order valence-electron chi connectivity index (χ2n) is 3.98. The van der Waals surface area contributed by atoms with Gasteiger partial charge in [-0.05, 0) is 26.8 Å². The molecule has 1 rings (SSSR count). The zero-order valence-electron chi connectivity index (χ0n) is 7.50. The van der Waals surface area contributed by atoms with Crippen LogP contribution in [0, 0.1) is 0 Å². The third-order valence-corrected chi connectivity index (χ3v) is 3.44. The van der Waals surface area contributed by atoms with Crippen molar-refractivity contribution >= 4 is 23.2 Å². The summed E-state index contributed by atoms with van der Waals surface area (Å²) in [5, 5.41) is -0.261. The van der Waals surface area contributed by atoms with Crippen LogP contribution in [-0.2, 0) is 0 Å². The molecular formula is C9H13Cl2F. The summed E-state index contributed by atoms with van der Waals surface area (Å²) < 4.78 is 13.6. The predicted molar refractivity (Wildman–Crippen MR) is 51.8 cm³/mol.